The minimum atomic E-state index is -1.27. The highest BCUT2D eigenvalue weighted by molar-refractivity contribution is 5.89. The molecule has 44 heavy (non-hydrogen) atoms. The van der Waals surface area contributed by atoms with Gasteiger partial charge < -0.3 is 39.7 Å². The van der Waals surface area contributed by atoms with E-state index in [2.05, 4.69) is 36.8 Å². The summed E-state index contributed by atoms with van der Waals surface area (Å²) in [6.45, 7) is 0.633. The number of amides is 1. The number of carbonyl (C=O) groups excluding carboxylic acids is 2. The minimum absolute atomic E-state index is 0.281. The maximum Gasteiger partial charge on any atom is 0.415 e. The summed E-state index contributed by atoms with van der Waals surface area (Å²) in [7, 11) is 1.31. The monoisotopic (exact) mass is 606 g/mol. The van der Waals surface area contributed by atoms with Gasteiger partial charge in [0.25, 0.3) is 0 Å². The number of rotatable bonds is 7. The van der Waals surface area contributed by atoms with Crippen LogP contribution in [0.4, 0.5) is 10.6 Å². The number of imidazole rings is 1. The fourth-order valence-electron chi connectivity index (χ4n) is 5.33. The van der Waals surface area contributed by atoms with E-state index < -0.39 is 43.2 Å². The molecule has 0 spiro atoms. The van der Waals surface area contributed by atoms with Crippen molar-refractivity contribution in [1.82, 2.24) is 24.4 Å². The van der Waals surface area contributed by atoms with Crippen molar-refractivity contribution in [3.63, 3.8) is 0 Å². The molecule has 2 aromatic heterocycles. The van der Waals surface area contributed by atoms with E-state index in [-0.39, 0.29) is 11.7 Å². The highest BCUT2D eigenvalue weighted by Gasteiger charge is 2.44. The molecule has 6 rings (SSSR count). The van der Waals surface area contributed by atoms with E-state index in [9.17, 15) is 24.9 Å². The van der Waals surface area contributed by atoms with Crippen LogP contribution >= 0.6 is 0 Å². The highest BCUT2D eigenvalue weighted by Crippen LogP contribution is 2.33. The first-order valence-corrected chi connectivity index (χ1v) is 14.6. The molecule has 4 N–H and O–H groups in total. The van der Waals surface area contributed by atoms with Crippen molar-refractivity contribution < 1.29 is 39.1 Å². The van der Waals surface area contributed by atoms with Crippen LogP contribution in [0.1, 0.15) is 54.5 Å². The van der Waals surface area contributed by atoms with Crippen molar-refractivity contribution in [3.05, 3.63) is 42.0 Å². The van der Waals surface area contributed by atoms with E-state index in [1.165, 1.54) is 18.0 Å². The average molecular weight is 607 g/mol. The summed E-state index contributed by atoms with van der Waals surface area (Å²) in [5.41, 5.74) is 1.27. The van der Waals surface area contributed by atoms with Crippen LogP contribution in [-0.4, -0.2) is 103 Å². The van der Waals surface area contributed by atoms with Gasteiger partial charge in [-0.05, 0) is 61.8 Å². The quantitative estimate of drug-likeness (QED) is 0.225. The van der Waals surface area contributed by atoms with Crippen LogP contribution in [0.2, 0.25) is 0 Å². The third-order valence-electron chi connectivity index (χ3n) is 8.08. The molecule has 3 fully saturated rings. The number of piperidine rings is 1. The van der Waals surface area contributed by atoms with Crippen LogP contribution in [-0.2, 0) is 9.47 Å². The molecule has 2 aliphatic heterocycles. The Bertz CT molecular complexity index is 1570. The molecular formula is C30H34N6O8. The van der Waals surface area contributed by atoms with Crippen molar-refractivity contribution in [1.29, 1.82) is 0 Å². The lowest BCUT2D eigenvalue weighted by molar-refractivity contribution is -0.0511. The maximum atomic E-state index is 12.6. The summed E-state index contributed by atoms with van der Waals surface area (Å²) in [5.74, 6) is 7.25. The summed E-state index contributed by atoms with van der Waals surface area (Å²) in [6, 6.07) is 6.50. The summed E-state index contributed by atoms with van der Waals surface area (Å²) < 4.78 is 17.4. The zero-order chi connectivity index (χ0) is 30.8. The van der Waals surface area contributed by atoms with Crippen molar-refractivity contribution in [2.24, 2.45) is 5.92 Å². The van der Waals surface area contributed by atoms with Crippen molar-refractivity contribution in [3.8, 4) is 17.6 Å². The van der Waals surface area contributed by atoms with Crippen LogP contribution < -0.4 is 10.1 Å². The molecule has 1 amide bonds. The minimum Gasteiger partial charge on any atom is -0.465 e. The normalized spacial score (nSPS) is 23.7. The first-order valence-electron chi connectivity index (χ1n) is 14.6. The number of aliphatic hydroxyl groups excluding tert-OH is 3. The SMILES string of the molecule is COC(=O)c1ccc(OC(=O)N2CCC(CC#Cc3nc(NC4CC4)c4ncn([C@@H]5O[C@H](CO)[C@@H](O)[C@H]5O)c4n3)CC2)cc1. The van der Waals surface area contributed by atoms with E-state index in [4.69, 9.17) is 9.47 Å². The van der Waals surface area contributed by atoms with Gasteiger partial charge in [0.1, 0.15) is 24.1 Å². The number of methoxy groups -OCH3 is 1. The number of likely N-dealkylation sites (tertiary alicyclic amines) is 1. The highest BCUT2D eigenvalue weighted by atomic mass is 16.6. The predicted molar refractivity (Wildman–Crippen MR) is 155 cm³/mol. The van der Waals surface area contributed by atoms with Crippen molar-refractivity contribution >= 4 is 29.0 Å². The Hall–Kier alpha value is -4.29. The standard InChI is InChI=1S/C30H34N6O8/c1-42-29(40)18-5-9-20(10-6-18)43-30(41)35-13-11-17(12-14-35)3-2-4-22-33-26(32-19-7-8-19)23-27(34-22)36(16-31-23)28-25(39)24(38)21(15-37)44-28/h5-6,9-10,16-17,19,21,24-25,28,37-39H,3,7-8,11-15H2,1H3,(H,32,33,34)/t21-,24-,25-,28-/m1/s1. The van der Waals surface area contributed by atoms with Gasteiger partial charge in [0.05, 0.1) is 25.6 Å². The molecule has 0 unspecified atom stereocenters. The molecule has 3 aromatic rings. The lowest BCUT2D eigenvalue weighted by atomic mass is 9.94. The van der Waals surface area contributed by atoms with Gasteiger partial charge >= 0.3 is 12.1 Å². The lowest BCUT2D eigenvalue weighted by Gasteiger charge is -2.30. The number of aromatic nitrogens is 4. The van der Waals surface area contributed by atoms with E-state index >= 15 is 0 Å². The predicted octanol–water partition coefficient (Wildman–Crippen LogP) is 1.45. The summed E-state index contributed by atoms with van der Waals surface area (Å²) in [4.78, 5) is 39.5. The molecule has 14 nitrogen and oxygen atoms in total. The van der Waals surface area contributed by atoms with Crippen LogP contribution in [0.3, 0.4) is 0 Å². The number of hydrogen-bond acceptors (Lipinski definition) is 12. The zero-order valence-electron chi connectivity index (χ0n) is 24.1. The zero-order valence-corrected chi connectivity index (χ0v) is 24.1. The summed E-state index contributed by atoms with van der Waals surface area (Å²) >= 11 is 0. The van der Waals surface area contributed by atoms with E-state index in [0.717, 1.165) is 25.7 Å². The maximum absolute atomic E-state index is 12.6. The number of esters is 1. The third-order valence-corrected chi connectivity index (χ3v) is 8.08. The largest absolute Gasteiger partial charge is 0.465 e. The summed E-state index contributed by atoms with van der Waals surface area (Å²) in [5, 5.41) is 33.7. The number of hydrogen-bond donors (Lipinski definition) is 4. The number of nitrogens with one attached hydrogen (secondary N) is 1. The van der Waals surface area contributed by atoms with Crippen LogP contribution in [0, 0.1) is 17.8 Å². The fraction of sp³-hybridized carbons (Fsp3) is 0.500. The molecule has 4 heterocycles. The van der Waals surface area contributed by atoms with Crippen molar-refractivity contribution in [2.75, 3.05) is 32.1 Å². The van der Waals surface area contributed by atoms with E-state index in [1.807, 2.05) is 0 Å². The van der Waals surface area contributed by atoms with Gasteiger partial charge in [-0.25, -0.2) is 24.5 Å². The van der Waals surface area contributed by atoms with Gasteiger partial charge in [-0.2, -0.15) is 0 Å². The van der Waals surface area contributed by atoms with E-state index in [1.54, 1.807) is 29.2 Å². The fourth-order valence-corrected chi connectivity index (χ4v) is 5.33. The number of nitrogens with zero attached hydrogens (tertiary/aromatic N) is 5. The number of anilines is 1. The van der Waals surface area contributed by atoms with Gasteiger partial charge in [-0.15, -0.1) is 0 Å². The molecular weight excluding hydrogens is 572 g/mol. The Kier molecular flexibility index (Phi) is 8.62. The molecule has 1 aromatic carbocycles. The van der Waals surface area contributed by atoms with Gasteiger partial charge in [0.15, 0.2) is 23.2 Å². The number of carbonyl (C=O) groups is 2. The smallest absolute Gasteiger partial charge is 0.415 e. The Labute approximate surface area is 253 Å². The average Bonchev–Trinajstić information content (AvgIpc) is 3.69. The second-order valence-electron chi connectivity index (χ2n) is 11.2. The van der Waals surface area contributed by atoms with Gasteiger partial charge in [0, 0.05) is 25.6 Å². The van der Waals surface area contributed by atoms with Gasteiger partial charge in [-0.3, -0.25) is 4.57 Å². The first kappa shape index (κ1) is 29.8. The van der Waals surface area contributed by atoms with Gasteiger partial charge in [0.2, 0.25) is 5.82 Å². The van der Waals surface area contributed by atoms with Crippen LogP contribution in [0.25, 0.3) is 11.2 Å². The number of aliphatic hydroxyl groups is 3. The Morgan fingerprint density at radius 2 is 1.84 bits per heavy atom. The number of ether oxygens (including phenoxy) is 3. The second kappa shape index (κ2) is 12.7. The van der Waals surface area contributed by atoms with Gasteiger partial charge in [-0.1, -0.05) is 5.92 Å². The number of fused-ring (bicyclic) bond motifs is 1. The second-order valence-corrected chi connectivity index (χ2v) is 11.2. The Morgan fingerprint density at radius 1 is 1.09 bits per heavy atom. The third kappa shape index (κ3) is 6.31. The Balaban J connectivity index is 1.09. The molecule has 14 heteroatoms. The lowest BCUT2D eigenvalue weighted by Crippen LogP contribution is -2.40. The van der Waals surface area contributed by atoms with Crippen LogP contribution in [0.5, 0.6) is 5.75 Å². The molecule has 0 bridgehead atoms. The van der Waals surface area contributed by atoms with Crippen LogP contribution in [0.15, 0.2) is 30.6 Å². The molecule has 232 valence electrons. The summed E-state index contributed by atoms with van der Waals surface area (Å²) in [6.07, 6.45) is 0.774. The molecule has 1 aliphatic carbocycles. The Morgan fingerprint density at radius 3 is 2.50 bits per heavy atom. The molecule has 1 saturated carbocycles. The van der Waals surface area contributed by atoms with Crippen molar-refractivity contribution in [2.45, 2.75) is 62.7 Å². The molecule has 4 atom stereocenters. The topological polar surface area (TPSA) is 181 Å². The molecule has 2 saturated heterocycles. The molecule has 3 aliphatic rings. The first-order chi connectivity index (χ1) is 21.3. The number of benzene rings is 1. The molecule has 0 radical (unpaired) electrons. The van der Waals surface area contributed by atoms with E-state index in [0.29, 0.717) is 53.8 Å².